The SMILES string of the molecule is COCO[C@H]1C(OC)O[C@@H]2CC(=O)O[C@@H]21. The Morgan fingerprint density at radius 3 is 2.93 bits per heavy atom. The second-order valence-corrected chi connectivity index (χ2v) is 3.48. The van der Waals surface area contributed by atoms with Crippen LogP contribution in [0.3, 0.4) is 0 Å². The Balaban J connectivity index is 2.00. The summed E-state index contributed by atoms with van der Waals surface area (Å²) in [6.45, 7) is 0.120. The van der Waals surface area contributed by atoms with Crippen LogP contribution in [0.2, 0.25) is 0 Å². The van der Waals surface area contributed by atoms with Crippen LogP contribution < -0.4 is 0 Å². The average Bonchev–Trinajstić information content (AvgIpc) is 2.71. The first kappa shape index (κ1) is 10.8. The summed E-state index contributed by atoms with van der Waals surface area (Å²) < 4.78 is 25.8. The first-order valence-electron chi connectivity index (χ1n) is 4.74. The van der Waals surface area contributed by atoms with Crippen molar-refractivity contribution < 1.29 is 28.5 Å². The van der Waals surface area contributed by atoms with Gasteiger partial charge in [-0.3, -0.25) is 4.79 Å². The molecular weight excluding hydrogens is 204 g/mol. The van der Waals surface area contributed by atoms with Crippen molar-refractivity contribution in [2.24, 2.45) is 0 Å². The first-order valence-corrected chi connectivity index (χ1v) is 4.74. The molecule has 0 saturated carbocycles. The van der Waals surface area contributed by atoms with Crippen LogP contribution in [0.15, 0.2) is 0 Å². The van der Waals surface area contributed by atoms with Gasteiger partial charge in [0.05, 0.1) is 6.42 Å². The summed E-state index contributed by atoms with van der Waals surface area (Å²) in [6.07, 6.45) is -1.28. The maximum absolute atomic E-state index is 11.0. The molecule has 0 aromatic heterocycles. The zero-order chi connectivity index (χ0) is 10.8. The number of fused-ring (bicyclic) bond motifs is 1. The number of hydrogen-bond donors (Lipinski definition) is 0. The van der Waals surface area contributed by atoms with Crippen LogP contribution in [0.25, 0.3) is 0 Å². The minimum Gasteiger partial charge on any atom is -0.456 e. The third-order valence-corrected chi connectivity index (χ3v) is 2.51. The highest BCUT2D eigenvalue weighted by molar-refractivity contribution is 5.72. The van der Waals surface area contributed by atoms with E-state index in [1.54, 1.807) is 0 Å². The van der Waals surface area contributed by atoms with Crippen LogP contribution in [-0.2, 0) is 28.5 Å². The third-order valence-electron chi connectivity index (χ3n) is 2.51. The molecule has 0 N–H and O–H groups in total. The van der Waals surface area contributed by atoms with Crippen LogP contribution in [0.1, 0.15) is 6.42 Å². The molecule has 0 bridgehead atoms. The van der Waals surface area contributed by atoms with E-state index in [-0.39, 0.29) is 31.4 Å². The Hall–Kier alpha value is -0.690. The molecular formula is C9H14O6. The molecule has 6 heteroatoms. The number of hydrogen-bond acceptors (Lipinski definition) is 6. The summed E-state index contributed by atoms with van der Waals surface area (Å²) >= 11 is 0. The number of methoxy groups -OCH3 is 2. The van der Waals surface area contributed by atoms with E-state index >= 15 is 0 Å². The van der Waals surface area contributed by atoms with Gasteiger partial charge >= 0.3 is 5.97 Å². The van der Waals surface area contributed by atoms with Gasteiger partial charge in [0.1, 0.15) is 12.9 Å². The fourth-order valence-electron chi connectivity index (χ4n) is 1.87. The van der Waals surface area contributed by atoms with E-state index < -0.39 is 12.4 Å². The normalized spacial score (nSPS) is 39.2. The van der Waals surface area contributed by atoms with Crippen LogP contribution in [0.5, 0.6) is 0 Å². The van der Waals surface area contributed by atoms with Gasteiger partial charge in [-0.1, -0.05) is 0 Å². The van der Waals surface area contributed by atoms with Crippen molar-refractivity contribution in [2.75, 3.05) is 21.0 Å². The topological polar surface area (TPSA) is 63.2 Å². The molecule has 0 aromatic carbocycles. The molecule has 15 heavy (non-hydrogen) atoms. The zero-order valence-electron chi connectivity index (χ0n) is 8.67. The smallest absolute Gasteiger partial charge is 0.309 e. The van der Waals surface area contributed by atoms with Crippen molar-refractivity contribution in [2.45, 2.75) is 31.0 Å². The number of carbonyl (C=O) groups is 1. The fraction of sp³-hybridized carbons (Fsp3) is 0.889. The number of rotatable bonds is 4. The maximum Gasteiger partial charge on any atom is 0.309 e. The van der Waals surface area contributed by atoms with Gasteiger partial charge in [0, 0.05) is 14.2 Å². The second kappa shape index (κ2) is 4.44. The highest BCUT2D eigenvalue weighted by Crippen LogP contribution is 2.33. The summed E-state index contributed by atoms with van der Waals surface area (Å²) in [6, 6.07) is 0. The van der Waals surface area contributed by atoms with Crippen molar-refractivity contribution in [3.8, 4) is 0 Å². The lowest BCUT2D eigenvalue weighted by Crippen LogP contribution is -2.36. The molecule has 0 amide bonds. The van der Waals surface area contributed by atoms with E-state index in [1.165, 1.54) is 14.2 Å². The number of carbonyl (C=O) groups excluding carboxylic acids is 1. The lowest BCUT2D eigenvalue weighted by atomic mass is 10.1. The molecule has 2 heterocycles. The monoisotopic (exact) mass is 218 g/mol. The van der Waals surface area contributed by atoms with E-state index in [1.807, 2.05) is 0 Å². The van der Waals surface area contributed by atoms with Crippen molar-refractivity contribution in [1.82, 2.24) is 0 Å². The summed E-state index contributed by atoms with van der Waals surface area (Å²) in [7, 11) is 3.05. The standard InChI is InChI=1S/C9H14O6/c1-11-4-13-8-7-5(3-6(10)15-7)14-9(8)12-2/h5,7-9H,3-4H2,1-2H3/t5-,7+,8-,9?/m1/s1. The molecule has 2 aliphatic rings. The molecule has 6 nitrogen and oxygen atoms in total. The summed E-state index contributed by atoms with van der Waals surface area (Å²) in [5.41, 5.74) is 0. The van der Waals surface area contributed by atoms with Crippen LogP contribution in [-0.4, -0.2) is 51.6 Å². The van der Waals surface area contributed by atoms with E-state index in [9.17, 15) is 4.79 Å². The second-order valence-electron chi connectivity index (χ2n) is 3.48. The van der Waals surface area contributed by atoms with Crippen molar-refractivity contribution in [3.63, 3.8) is 0 Å². The Labute approximate surface area is 87.4 Å². The van der Waals surface area contributed by atoms with Gasteiger partial charge in [-0.15, -0.1) is 0 Å². The average molecular weight is 218 g/mol. The van der Waals surface area contributed by atoms with Gasteiger partial charge in [0.2, 0.25) is 0 Å². The molecule has 2 fully saturated rings. The lowest BCUT2D eigenvalue weighted by molar-refractivity contribution is -0.194. The molecule has 0 aromatic rings. The van der Waals surface area contributed by atoms with E-state index in [0.717, 1.165) is 0 Å². The minimum atomic E-state index is -0.497. The molecule has 2 rings (SSSR count). The highest BCUT2D eigenvalue weighted by atomic mass is 16.8. The predicted molar refractivity (Wildman–Crippen MR) is 46.9 cm³/mol. The Morgan fingerprint density at radius 1 is 1.47 bits per heavy atom. The molecule has 86 valence electrons. The zero-order valence-corrected chi connectivity index (χ0v) is 8.67. The van der Waals surface area contributed by atoms with Crippen molar-refractivity contribution in [1.29, 1.82) is 0 Å². The molecule has 2 aliphatic heterocycles. The fourth-order valence-corrected chi connectivity index (χ4v) is 1.87. The maximum atomic E-state index is 11.0. The number of ether oxygens (including phenoxy) is 5. The van der Waals surface area contributed by atoms with Crippen LogP contribution >= 0.6 is 0 Å². The van der Waals surface area contributed by atoms with Crippen LogP contribution in [0, 0.1) is 0 Å². The van der Waals surface area contributed by atoms with Gasteiger partial charge < -0.3 is 23.7 Å². The third kappa shape index (κ3) is 1.98. The lowest BCUT2D eigenvalue weighted by Gasteiger charge is -2.20. The van der Waals surface area contributed by atoms with E-state index in [2.05, 4.69) is 0 Å². The molecule has 4 atom stereocenters. The Bertz CT molecular complexity index is 243. The number of esters is 1. The summed E-state index contributed by atoms with van der Waals surface area (Å²) in [4.78, 5) is 11.0. The Morgan fingerprint density at radius 2 is 2.27 bits per heavy atom. The van der Waals surface area contributed by atoms with Gasteiger partial charge in [-0.25, -0.2) is 0 Å². The predicted octanol–water partition coefficient (Wildman–Crippen LogP) is -0.338. The van der Waals surface area contributed by atoms with Crippen molar-refractivity contribution >= 4 is 5.97 Å². The van der Waals surface area contributed by atoms with E-state index in [4.69, 9.17) is 23.7 Å². The molecule has 2 saturated heterocycles. The largest absolute Gasteiger partial charge is 0.456 e. The van der Waals surface area contributed by atoms with Gasteiger partial charge in [-0.2, -0.15) is 0 Å². The molecule has 1 unspecified atom stereocenters. The van der Waals surface area contributed by atoms with E-state index in [0.29, 0.717) is 0 Å². The quantitative estimate of drug-likeness (QED) is 0.475. The van der Waals surface area contributed by atoms with Gasteiger partial charge in [-0.05, 0) is 0 Å². The molecule has 0 radical (unpaired) electrons. The first-order chi connectivity index (χ1) is 7.26. The molecule has 0 aliphatic carbocycles. The Kier molecular flexibility index (Phi) is 3.20. The molecule has 0 spiro atoms. The highest BCUT2D eigenvalue weighted by Gasteiger charge is 2.52. The van der Waals surface area contributed by atoms with Crippen molar-refractivity contribution in [3.05, 3.63) is 0 Å². The van der Waals surface area contributed by atoms with Gasteiger partial charge in [0.15, 0.2) is 18.5 Å². The summed E-state index contributed by atoms with van der Waals surface area (Å²) in [5.74, 6) is -0.259. The van der Waals surface area contributed by atoms with Crippen LogP contribution in [0.4, 0.5) is 0 Å². The summed E-state index contributed by atoms with van der Waals surface area (Å²) in [5, 5.41) is 0. The van der Waals surface area contributed by atoms with Gasteiger partial charge in [0.25, 0.3) is 0 Å². The minimum absolute atomic E-state index is 0.120.